The van der Waals surface area contributed by atoms with Crippen molar-refractivity contribution in [3.8, 4) is 0 Å². The minimum atomic E-state index is -0.316. The number of β-lactam (4-membered cyclic amide) rings is 1. The summed E-state index contributed by atoms with van der Waals surface area (Å²) in [5, 5.41) is 0. The van der Waals surface area contributed by atoms with E-state index >= 15 is 0 Å². The van der Waals surface area contributed by atoms with Gasteiger partial charge in [0.25, 0.3) is 5.91 Å². The summed E-state index contributed by atoms with van der Waals surface area (Å²) >= 11 is 0. The Morgan fingerprint density at radius 3 is 2.17 bits per heavy atom. The monoisotopic (exact) mass is 405 g/mol. The first-order chi connectivity index (χ1) is 14.7. The van der Waals surface area contributed by atoms with Crippen molar-refractivity contribution in [2.24, 2.45) is 0 Å². The minimum absolute atomic E-state index is 0.168. The zero-order chi connectivity index (χ0) is 20.8. The molecular weight excluding hydrogens is 370 g/mol. The molecule has 2 aromatic carbocycles. The third-order valence-corrected chi connectivity index (χ3v) is 7.00. The summed E-state index contributed by atoms with van der Waals surface area (Å²) in [6.07, 6.45) is 9.81. The van der Waals surface area contributed by atoms with Crippen LogP contribution in [0.5, 0.6) is 0 Å². The van der Waals surface area contributed by atoms with Gasteiger partial charge in [-0.2, -0.15) is 0 Å². The molecule has 1 heterocycles. The van der Waals surface area contributed by atoms with E-state index in [0.29, 0.717) is 12.6 Å². The minimum Gasteiger partial charge on any atom is -0.361 e. The zero-order valence-electron chi connectivity index (χ0n) is 18.3. The first-order valence-corrected chi connectivity index (χ1v) is 11.8. The summed E-state index contributed by atoms with van der Waals surface area (Å²) in [4.78, 5) is 15.7. The molecule has 0 bridgehead atoms. The molecule has 2 aromatic rings. The number of aryl methyl sites for hydroxylation is 1. The second-order valence-electron chi connectivity index (χ2n) is 9.02. The van der Waals surface area contributed by atoms with Crippen molar-refractivity contribution in [2.75, 3.05) is 0 Å². The number of hydrogen-bond acceptors (Lipinski definition) is 2. The van der Waals surface area contributed by atoms with Gasteiger partial charge in [-0.15, -0.1) is 0 Å². The molecule has 1 amide bonds. The van der Waals surface area contributed by atoms with Crippen molar-refractivity contribution in [1.82, 2.24) is 4.90 Å². The van der Waals surface area contributed by atoms with Crippen LogP contribution in [0.1, 0.15) is 69.4 Å². The van der Waals surface area contributed by atoms with Crippen molar-refractivity contribution < 1.29 is 9.53 Å². The molecule has 2 aliphatic rings. The summed E-state index contributed by atoms with van der Waals surface area (Å²) in [5.74, 6) is 0.222. The fourth-order valence-electron chi connectivity index (χ4n) is 5.57. The lowest BCUT2D eigenvalue weighted by Gasteiger charge is -2.61. The van der Waals surface area contributed by atoms with Gasteiger partial charge in [-0.1, -0.05) is 93.3 Å². The predicted molar refractivity (Wildman–Crippen MR) is 121 cm³/mol. The van der Waals surface area contributed by atoms with Crippen molar-refractivity contribution in [3.05, 3.63) is 71.8 Å². The fraction of sp³-hybridized carbons (Fsp3) is 0.519. The van der Waals surface area contributed by atoms with Crippen molar-refractivity contribution >= 4 is 5.91 Å². The van der Waals surface area contributed by atoms with Crippen LogP contribution >= 0.6 is 0 Å². The standard InChI is InChI=1S/C27H35NO2/c1-2-19-27(20-18-22-12-6-3-7-13-22)25(30-21-23-14-8-4-9-15-23)26(29)28(27)24-16-10-5-11-17-24/h3-4,6-9,12-15,24-25H,2,5,10-11,16-21H2,1H3. The Morgan fingerprint density at radius 2 is 1.53 bits per heavy atom. The number of likely N-dealkylation sites (tertiary alicyclic amines) is 1. The highest BCUT2D eigenvalue weighted by Crippen LogP contribution is 2.46. The molecule has 4 rings (SSSR count). The average molecular weight is 406 g/mol. The van der Waals surface area contributed by atoms with E-state index in [1.165, 1.54) is 24.8 Å². The molecule has 3 heteroatoms. The van der Waals surface area contributed by atoms with Crippen LogP contribution in [0.2, 0.25) is 0 Å². The van der Waals surface area contributed by atoms with E-state index in [1.807, 2.05) is 18.2 Å². The largest absolute Gasteiger partial charge is 0.361 e. The molecule has 0 N–H and O–H groups in total. The average Bonchev–Trinajstić information content (AvgIpc) is 2.80. The van der Waals surface area contributed by atoms with Gasteiger partial charge in [0.15, 0.2) is 6.10 Å². The number of carbonyl (C=O) groups is 1. The topological polar surface area (TPSA) is 29.5 Å². The highest BCUT2D eigenvalue weighted by Gasteiger charge is 2.61. The van der Waals surface area contributed by atoms with Gasteiger partial charge in [0.2, 0.25) is 0 Å². The van der Waals surface area contributed by atoms with Crippen LogP contribution in [0.25, 0.3) is 0 Å². The summed E-state index contributed by atoms with van der Waals surface area (Å²) < 4.78 is 6.36. The van der Waals surface area contributed by atoms with Crippen LogP contribution in [-0.2, 0) is 22.6 Å². The number of rotatable bonds is 9. The summed E-state index contributed by atoms with van der Waals surface area (Å²) in [6.45, 7) is 2.74. The maximum absolute atomic E-state index is 13.4. The smallest absolute Gasteiger partial charge is 0.254 e. The van der Waals surface area contributed by atoms with Gasteiger partial charge in [0, 0.05) is 6.04 Å². The first-order valence-electron chi connectivity index (χ1n) is 11.8. The van der Waals surface area contributed by atoms with Crippen LogP contribution in [0.4, 0.5) is 0 Å². The van der Waals surface area contributed by atoms with E-state index in [9.17, 15) is 4.79 Å². The maximum Gasteiger partial charge on any atom is 0.254 e. The Hall–Kier alpha value is -2.13. The van der Waals surface area contributed by atoms with Gasteiger partial charge >= 0.3 is 0 Å². The fourth-order valence-corrected chi connectivity index (χ4v) is 5.57. The molecule has 1 aliphatic heterocycles. The molecule has 0 radical (unpaired) electrons. The highest BCUT2D eigenvalue weighted by atomic mass is 16.5. The maximum atomic E-state index is 13.4. The molecule has 1 saturated heterocycles. The van der Waals surface area contributed by atoms with Gasteiger partial charge < -0.3 is 9.64 Å². The molecule has 0 spiro atoms. The summed E-state index contributed by atoms with van der Waals surface area (Å²) in [7, 11) is 0. The first kappa shape index (κ1) is 21.1. The number of ether oxygens (including phenoxy) is 1. The van der Waals surface area contributed by atoms with Crippen molar-refractivity contribution in [3.63, 3.8) is 0 Å². The second-order valence-corrected chi connectivity index (χ2v) is 9.02. The Labute approximate surface area is 181 Å². The molecule has 1 aliphatic carbocycles. The van der Waals surface area contributed by atoms with Gasteiger partial charge in [0.1, 0.15) is 0 Å². The lowest BCUT2D eigenvalue weighted by molar-refractivity contribution is -0.209. The van der Waals surface area contributed by atoms with Gasteiger partial charge in [-0.3, -0.25) is 4.79 Å². The second kappa shape index (κ2) is 9.78. The number of nitrogens with zero attached hydrogens (tertiary/aromatic N) is 1. The quantitative estimate of drug-likeness (QED) is 0.485. The van der Waals surface area contributed by atoms with Crippen LogP contribution in [0.3, 0.4) is 0 Å². The van der Waals surface area contributed by atoms with Crippen LogP contribution in [0.15, 0.2) is 60.7 Å². The predicted octanol–water partition coefficient (Wildman–Crippen LogP) is 5.92. The van der Waals surface area contributed by atoms with Crippen LogP contribution < -0.4 is 0 Å². The lowest BCUT2D eigenvalue weighted by Crippen LogP contribution is -2.77. The molecule has 0 aromatic heterocycles. The molecule has 2 atom stereocenters. The Balaban J connectivity index is 1.56. The third-order valence-electron chi connectivity index (χ3n) is 7.00. The summed E-state index contributed by atoms with van der Waals surface area (Å²) in [6, 6.07) is 21.3. The molecule has 3 nitrogen and oxygen atoms in total. The molecule has 1 saturated carbocycles. The van der Waals surface area contributed by atoms with E-state index in [2.05, 4.69) is 54.3 Å². The van der Waals surface area contributed by atoms with Gasteiger partial charge in [0.05, 0.1) is 12.1 Å². The Bertz CT molecular complexity index is 800. The normalized spacial score (nSPS) is 24.6. The van der Waals surface area contributed by atoms with Gasteiger partial charge in [-0.05, 0) is 43.2 Å². The number of carbonyl (C=O) groups excluding carboxylic acids is 1. The Kier molecular flexibility index (Phi) is 6.89. The number of hydrogen-bond donors (Lipinski definition) is 0. The van der Waals surface area contributed by atoms with E-state index in [0.717, 1.165) is 44.1 Å². The number of amides is 1. The number of benzene rings is 2. The summed E-state index contributed by atoms with van der Waals surface area (Å²) in [5.41, 5.74) is 2.31. The molecule has 160 valence electrons. The Morgan fingerprint density at radius 1 is 0.900 bits per heavy atom. The van der Waals surface area contributed by atoms with E-state index in [4.69, 9.17) is 4.74 Å². The van der Waals surface area contributed by atoms with Crippen LogP contribution in [0, 0.1) is 0 Å². The third kappa shape index (κ3) is 4.32. The molecular formula is C27H35NO2. The highest BCUT2D eigenvalue weighted by molar-refractivity contribution is 5.90. The van der Waals surface area contributed by atoms with E-state index < -0.39 is 0 Å². The van der Waals surface area contributed by atoms with Crippen molar-refractivity contribution in [1.29, 1.82) is 0 Å². The van der Waals surface area contributed by atoms with Crippen LogP contribution in [-0.4, -0.2) is 28.5 Å². The molecule has 30 heavy (non-hydrogen) atoms. The zero-order valence-corrected chi connectivity index (χ0v) is 18.3. The van der Waals surface area contributed by atoms with Gasteiger partial charge in [-0.25, -0.2) is 0 Å². The van der Waals surface area contributed by atoms with Crippen molar-refractivity contribution in [2.45, 2.75) is 89.0 Å². The lowest BCUT2D eigenvalue weighted by atomic mass is 9.70. The molecule has 2 unspecified atom stereocenters. The van der Waals surface area contributed by atoms with E-state index in [-0.39, 0.29) is 17.6 Å². The van der Waals surface area contributed by atoms with E-state index in [1.54, 1.807) is 0 Å². The SMILES string of the molecule is CCCC1(CCc2ccccc2)C(OCc2ccccc2)C(=O)N1C1CCCCC1. The molecule has 2 fully saturated rings.